The molecule has 0 aromatic rings. The molecular formula is C7H11Cl2Hf. The van der Waals surface area contributed by atoms with Gasteiger partial charge in [0.05, 0.1) is 0 Å². The molecule has 0 aromatic heterocycles. The molecule has 0 amide bonds. The predicted molar refractivity (Wildman–Crippen MR) is 45.4 cm³/mol. The van der Waals surface area contributed by atoms with E-state index >= 15 is 0 Å². The summed E-state index contributed by atoms with van der Waals surface area (Å²) in [5.74, 6) is 0. The number of alkyl halides is 2. The van der Waals surface area contributed by atoms with E-state index in [1.165, 1.54) is 43.6 Å². The number of allylic oxidation sites excluding steroid dienone is 4. The van der Waals surface area contributed by atoms with Crippen LogP contribution in [0.2, 0.25) is 0 Å². The van der Waals surface area contributed by atoms with E-state index in [1.807, 2.05) is 0 Å². The topological polar surface area (TPSA) is 0 Å². The summed E-state index contributed by atoms with van der Waals surface area (Å²) < 4.78 is 1.61. The summed E-state index contributed by atoms with van der Waals surface area (Å²) in [6, 6.07) is 0. The van der Waals surface area contributed by atoms with Gasteiger partial charge in [-0.25, -0.2) is 0 Å². The van der Waals surface area contributed by atoms with E-state index in [1.54, 1.807) is 3.33 Å². The molecule has 0 saturated heterocycles. The Morgan fingerprint density at radius 1 is 1.30 bits per heavy atom. The van der Waals surface area contributed by atoms with Crippen LogP contribution < -0.4 is 0 Å². The van der Waals surface area contributed by atoms with Crippen LogP contribution >= 0.6 is 23.2 Å². The molecule has 0 heterocycles. The third kappa shape index (κ3) is 8.93. The maximum absolute atomic E-state index is 4.64. The zero-order chi connectivity index (χ0) is 8.41. The van der Waals surface area contributed by atoms with Gasteiger partial charge in [-0.05, 0) is 0 Å². The second-order valence-electron chi connectivity index (χ2n) is 1.32. The zero-order valence-corrected chi connectivity index (χ0v) is 11.3. The van der Waals surface area contributed by atoms with Crippen LogP contribution in [0.3, 0.4) is 0 Å². The minimum atomic E-state index is 1.23. The molecule has 1 aliphatic carbocycles. The molecule has 57 valence electrons. The molecule has 0 radical (unpaired) electrons. The summed E-state index contributed by atoms with van der Waals surface area (Å²) in [7, 11) is 0. The molecule has 0 fully saturated rings. The first-order valence-electron chi connectivity index (χ1n) is 2.72. The summed E-state index contributed by atoms with van der Waals surface area (Å²) in [5, 5.41) is 0. The van der Waals surface area contributed by atoms with Gasteiger partial charge in [-0.15, -0.1) is 23.2 Å². The quantitative estimate of drug-likeness (QED) is 0.468. The molecule has 0 aromatic carbocycles. The second kappa shape index (κ2) is 12.6. The normalized spacial score (nSPS) is 12.1. The summed E-state index contributed by atoms with van der Waals surface area (Å²) in [5.41, 5.74) is 0. The van der Waals surface area contributed by atoms with Gasteiger partial charge in [0.2, 0.25) is 0 Å². The fraction of sp³-hybridized carbons (Fsp3) is 0.429. The molecule has 0 unspecified atom stereocenters. The molecule has 1 rings (SSSR count). The molecule has 0 spiro atoms. The van der Waals surface area contributed by atoms with E-state index in [0.29, 0.717) is 0 Å². The van der Waals surface area contributed by atoms with Crippen LogP contribution in [0.15, 0.2) is 21.6 Å². The summed E-state index contributed by atoms with van der Waals surface area (Å²) in [6.07, 6.45) is 10.7. The van der Waals surface area contributed by atoms with Crippen LogP contribution in [0, 0.1) is 0 Å². The molecular weight excluding hydrogens is 333 g/mol. The monoisotopic (exact) mass is 345 g/mol. The summed E-state index contributed by atoms with van der Waals surface area (Å²) >= 11 is 10.5. The average Bonchev–Trinajstić information content (AvgIpc) is 2.48. The Morgan fingerprint density at radius 2 is 1.80 bits per heavy atom. The fourth-order valence-corrected chi connectivity index (χ4v) is 1.22. The molecule has 3 heteroatoms. The van der Waals surface area contributed by atoms with Crippen molar-refractivity contribution in [3.05, 3.63) is 21.6 Å². The first-order chi connectivity index (χ1) is 4.89. The molecule has 0 saturated carbocycles. The zero-order valence-electron chi connectivity index (χ0n) is 6.20. The van der Waals surface area contributed by atoms with E-state index in [9.17, 15) is 0 Å². The van der Waals surface area contributed by atoms with Crippen molar-refractivity contribution < 1.29 is 24.4 Å². The van der Waals surface area contributed by atoms with Crippen LogP contribution in [-0.4, -0.2) is 12.8 Å². The van der Waals surface area contributed by atoms with Crippen LogP contribution in [0.5, 0.6) is 0 Å². The van der Waals surface area contributed by atoms with E-state index in [4.69, 9.17) is 0 Å². The Balaban J connectivity index is 0. The third-order valence-electron chi connectivity index (χ3n) is 0.771. The molecule has 0 aliphatic heterocycles. The van der Waals surface area contributed by atoms with E-state index in [0.717, 1.165) is 0 Å². The van der Waals surface area contributed by atoms with Crippen molar-refractivity contribution in [1.29, 1.82) is 0 Å². The SMILES string of the molecule is CCl.CCl.[Hf][C]1=CC=CC1. The second-order valence-corrected chi connectivity index (χ2v) is 3.63. The molecule has 0 N–H and O–H groups in total. The van der Waals surface area contributed by atoms with Gasteiger partial charge in [0.25, 0.3) is 0 Å². The number of rotatable bonds is 0. The summed E-state index contributed by atoms with van der Waals surface area (Å²) in [6.45, 7) is 0. The van der Waals surface area contributed by atoms with Crippen LogP contribution in [0.1, 0.15) is 6.42 Å². The van der Waals surface area contributed by atoms with Crippen molar-refractivity contribution in [1.82, 2.24) is 0 Å². The Hall–Kier alpha value is 0.930. The number of hydrogen-bond donors (Lipinski definition) is 0. The van der Waals surface area contributed by atoms with Crippen molar-refractivity contribution in [2.75, 3.05) is 12.8 Å². The van der Waals surface area contributed by atoms with Crippen LogP contribution in [0.25, 0.3) is 0 Å². The van der Waals surface area contributed by atoms with Gasteiger partial charge in [0.1, 0.15) is 0 Å². The standard InChI is InChI=1S/C5H5.2CH3Cl.Hf/c1-2-4-5-3-1;2*1-2;/h1-3H,4H2;2*1H3;. The molecule has 0 bridgehead atoms. The molecule has 10 heavy (non-hydrogen) atoms. The van der Waals surface area contributed by atoms with E-state index in [2.05, 4.69) is 41.4 Å². The Morgan fingerprint density at radius 3 is 1.90 bits per heavy atom. The Bertz CT molecular complexity index is 108. The van der Waals surface area contributed by atoms with Gasteiger partial charge in [-0.3, -0.25) is 0 Å². The van der Waals surface area contributed by atoms with Crippen LogP contribution in [0.4, 0.5) is 0 Å². The first-order valence-corrected chi connectivity index (χ1v) is 6.03. The van der Waals surface area contributed by atoms with E-state index in [-0.39, 0.29) is 0 Å². The number of halogens is 2. The van der Waals surface area contributed by atoms with Gasteiger partial charge < -0.3 is 0 Å². The fourth-order valence-electron chi connectivity index (χ4n) is 0.447. The minimum absolute atomic E-state index is 1.23. The Kier molecular flexibility index (Phi) is 17.0. The van der Waals surface area contributed by atoms with Gasteiger partial charge in [-0.2, -0.15) is 0 Å². The molecule has 0 nitrogen and oxygen atoms in total. The predicted octanol–water partition coefficient (Wildman–Crippen LogP) is 3.09. The van der Waals surface area contributed by atoms with Crippen molar-refractivity contribution in [2.45, 2.75) is 6.42 Å². The van der Waals surface area contributed by atoms with Gasteiger partial charge in [0, 0.05) is 12.8 Å². The summed E-state index contributed by atoms with van der Waals surface area (Å²) in [4.78, 5) is 0. The van der Waals surface area contributed by atoms with E-state index < -0.39 is 0 Å². The first kappa shape index (κ1) is 13.5. The maximum atomic E-state index is 4.64. The van der Waals surface area contributed by atoms with Gasteiger partial charge >= 0.3 is 52.4 Å². The molecule has 0 atom stereocenters. The average molecular weight is 345 g/mol. The Labute approximate surface area is 87.9 Å². The van der Waals surface area contributed by atoms with Crippen molar-refractivity contribution >= 4 is 23.2 Å². The van der Waals surface area contributed by atoms with Crippen molar-refractivity contribution in [3.63, 3.8) is 0 Å². The van der Waals surface area contributed by atoms with Gasteiger partial charge in [0.15, 0.2) is 0 Å². The van der Waals surface area contributed by atoms with Gasteiger partial charge in [-0.1, -0.05) is 0 Å². The van der Waals surface area contributed by atoms with Crippen LogP contribution in [-0.2, 0) is 24.4 Å². The van der Waals surface area contributed by atoms with Crippen molar-refractivity contribution in [2.24, 2.45) is 0 Å². The number of hydrogen-bond acceptors (Lipinski definition) is 0. The third-order valence-corrected chi connectivity index (χ3v) is 2.10. The molecule has 1 aliphatic rings. The van der Waals surface area contributed by atoms with Crippen molar-refractivity contribution in [3.8, 4) is 0 Å².